The summed E-state index contributed by atoms with van der Waals surface area (Å²) in [5.41, 5.74) is 7.76. The van der Waals surface area contributed by atoms with Crippen molar-refractivity contribution in [3.63, 3.8) is 0 Å². The van der Waals surface area contributed by atoms with E-state index in [9.17, 15) is 0 Å². The Balaban J connectivity index is 1.78. The minimum absolute atomic E-state index is 0.857. The van der Waals surface area contributed by atoms with Crippen molar-refractivity contribution in [3.8, 4) is 34.1 Å². The zero-order valence-electron chi connectivity index (χ0n) is 16.1. The number of nitrogens with one attached hydrogen (secondary N) is 1. The van der Waals surface area contributed by atoms with Gasteiger partial charge in [-0.05, 0) is 51.1 Å². The first-order valence-electron chi connectivity index (χ1n) is 9.04. The van der Waals surface area contributed by atoms with Gasteiger partial charge in [-0.25, -0.2) is 4.98 Å². The number of rotatable bonds is 4. The van der Waals surface area contributed by atoms with E-state index in [-0.39, 0.29) is 0 Å². The molecule has 2 aromatic heterocycles. The molecule has 0 atom stereocenters. The number of H-pyrrole nitrogens is 1. The molecule has 0 unspecified atom stereocenters. The topological polar surface area (TPSA) is 42.8 Å². The van der Waals surface area contributed by atoms with Crippen LogP contribution in [0.2, 0.25) is 0 Å². The van der Waals surface area contributed by atoms with Crippen molar-refractivity contribution in [2.75, 3.05) is 7.11 Å². The van der Waals surface area contributed by atoms with Crippen LogP contribution in [0, 0.1) is 20.8 Å². The molecule has 4 rings (SSSR count). The van der Waals surface area contributed by atoms with Gasteiger partial charge in [0.15, 0.2) is 0 Å². The molecule has 0 saturated heterocycles. The van der Waals surface area contributed by atoms with Crippen molar-refractivity contribution in [1.82, 2.24) is 14.5 Å². The van der Waals surface area contributed by atoms with Gasteiger partial charge in [0, 0.05) is 33.9 Å². The Morgan fingerprint density at radius 3 is 2.30 bits per heavy atom. The van der Waals surface area contributed by atoms with Crippen molar-refractivity contribution in [3.05, 3.63) is 77.7 Å². The number of aromatic nitrogens is 3. The molecule has 0 fully saturated rings. The van der Waals surface area contributed by atoms with Gasteiger partial charge in [0.05, 0.1) is 12.8 Å². The van der Waals surface area contributed by atoms with Crippen LogP contribution in [0.1, 0.15) is 17.1 Å². The van der Waals surface area contributed by atoms with Crippen LogP contribution in [0.4, 0.5) is 0 Å². The van der Waals surface area contributed by atoms with Crippen molar-refractivity contribution < 1.29 is 4.74 Å². The fourth-order valence-corrected chi connectivity index (χ4v) is 3.60. The first kappa shape index (κ1) is 17.2. The highest BCUT2D eigenvalue weighted by Crippen LogP contribution is 2.31. The van der Waals surface area contributed by atoms with Crippen LogP contribution in [-0.4, -0.2) is 21.6 Å². The highest BCUT2D eigenvalue weighted by Gasteiger charge is 2.17. The Hall–Kier alpha value is -3.27. The summed E-state index contributed by atoms with van der Waals surface area (Å²) in [5, 5.41) is 0. The maximum atomic E-state index is 5.27. The second-order valence-corrected chi connectivity index (χ2v) is 6.74. The Kier molecular flexibility index (Phi) is 4.32. The molecule has 0 aliphatic rings. The van der Waals surface area contributed by atoms with E-state index >= 15 is 0 Å². The maximum Gasteiger partial charge on any atom is 0.140 e. The summed E-state index contributed by atoms with van der Waals surface area (Å²) in [7, 11) is 1.68. The molecule has 2 heterocycles. The van der Waals surface area contributed by atoms with Crippen LogP contribution >= 0.6 is 0 Å². The van der Waals surface area contributed by atoms with E-state index in [0.29, 0.717) is 0 Å². The quantitative estimate of drug-likeness (QED) is 0.526. The predicted molar refractivity (Wildman–Crippen MR) is 110 cm³/mol. The Labute approximate surface area is 159 Å². The summed E-state index contributed by atoms with van der Waals surface area (Å²) < 4.78 is 7.52. The van der Waals surface area contributed by atoms with Crippen LogP contribution in [-0.2, 0) is 0 Å². The minimum Gasteiger partial charge on any atom is -0.497 e. The van der Waals surface area contributed by atoms with Gasteiger partial charge in [0.2, 0.25) is 0 Å². The average Bonchev–Trinajstić information content (AvgIpc) is 3.22. The van der Waals surface area contributed by atoms with Crippen molar-refractivity contribution in [1.29, 1.82) is 0 Å². The molecule has 4 heteroatoms. The van der Waals surface area contributed by atoms with Crippen molar-refractivity contribution >= 4 is 0 Å². The molecular weight excluding hydrogens is 334 g/mol. The van der Waals surface area contributed by atoms with E-state index < -0.39 is 0 Å². The molecule has 4 aromatic rings. The van der Waals surface area contributed by atoms with Crippen LogP contribution < -0.4 is 4.74 Å². The summed E-state index contributed by atoms with van der Waals surface area (Å²) in [4.78, 5) is 8.36. The van der Waals surface area contributed by atoms with Gasteiger partial charge in [-0.2, -0.15) is 0 Å². The molecular formula is C23H23N3O. The van der Waals surface area contributed by atoms with Crippen LogP contribution in [0.5, 0.6) is 5.75 Å². The lowest BCUT2D eigenvalue weighted by atomic mass is 10.1. The second kappa shape index (κ2) is 6.80. The number of aryl methyl sites for hydroxylation is 2. The lowest BCUT2D eigenvalue weighted by molar-refractivity contribution is 0.414. The first-order valence-corrected chi connectivity index (χ1v) is 9.04. The maximum absolute atomic E-state index is 5.27. The van der Waals surface area contributed by atoms with Crippen molar-refractivity contribution in [2.45, 2.75) is 20.8 Å². The Morgan fingerprint density at radius 2 is 1.63 bits per heavy atom. The highest BCUT2D eigenvalue weighted by molar-refractivity contribution is 5.69. The fraction of sp³-hybridized carbons (Fsp3) is 0.174. The molecule has 136 valence electrons. The van der Waals surface area contributed by atoms with E-state index in [1.54, 1.807) is 7.11 Å². The number of methoxy groups -OCH3 is 1. The molecule has 0 aliphatic carbocycles. The minimum atomic E-state index is 0.857. The summed E-state index contributed by atoms with van der Waals surface area (Å²) >= 11 is 0. The largest absolute Gasteiger partial charge is 0.497 e. The molecule has 0 amide bonds. The molecule has 0 radical (unpaired) electrons. The summed E-state index contributed by atoms with van der Waals surface area (Å²) in [6.07, 6.45) is 0. The van der Waals surface area contributed by atoms with Crippen LogP contribution in [0.15, 0.2) is 60.7 Å². The number of hydrogen-bond acceptors (Lipinski definition) is 2. The van der Waals surface area contributed by atoms with Gasteiger partial charge in [0.1, 0.15) is 11.6 Å². The molecule has 1 N–H and O–H groups in total. The smallest absolute Gasteiger partial charge is 0.140 e. The summed E-state index contributed by atoms with van der Waals surface area (Å²) in [6, 6.07) is 20.6. The van der Waals surface area contributed by atoms with Gasteiger partial charge >= 0.3 is 0 Å². The zero-order valence-corrected chi connectivity index (χ0v) is 16.1. The molecule has 0 saturated carbocycles. The average molecular weight is 357 g/mol. The lowest BCUT2D eigenvalue weighted by Gasteiger charge is -2.10. The number of hydrogen-bond donors (Lipinski definition) is 1. The summed E-state index contributed by atoms with van der Waals surface area (Å²) in [6.45, 7) is 6.32. The number of aromatic amines is 1. The number of imidazole rings is 1. The molecule has 0 spiro atoms. The number of ether oxygens (including phenoxy) is 1. The standard InChI is InChI=1S/C23H23N3O/c1-15-14-21(17(3)26(15)19-10-12-20(27-4)13-11-19)23-24-16(2)22(25-23)18-8-6-5-7-9-18/h5-14H,1-4H3,(H,24,25). The molecule has 4 nitrogen and oxygen atoms in total. The third kappa shape index (κ3) is 3.04. The van der Waals surface area contributed by atoms with Crippen molar-refractivity contribution in [2.24, 2.45) is 0 Å². The van der Waals surface area contributed by atoms with Gasteiger partial charge in [-0.1, -0.05) is 30.3 Å². The van der Waals surface area contributed by atoms with E-state index in [4.69, 9.17) is 9.72 Å². The van der Waals surface area contributed by atoms with E-state index in [0.717, 1.165) is 45.5 Å². The number of benzene rings is 2. The van der Waals surface area contributed by atoms with Gasteiger partial charge < -0.3 is 14.3 Å². The first-order chi connectivity index (χ1) is 13.1. The van der Waals surface area contributed by atoms with Gasteiger partial charge in [-0.15, -0.1) is 0 Å². The van der Waals surface area contributed by atoms with Crippen LogP contribution in [0.3, 0.4) is 0 Å². The molecule has 2 aromatic carbocycles. The predicted octanol–water partition coefficient (Wildman–Crippen LogP) is 5.47. The SMILES string of the molecule is COc1ccc(-n2c(C)cc(-c3nc(-c4ccccc4)c(C)[nH]3)c2C)cc1. The zero-order chi connectivity index (χ0) is 19.0. The fourth-order valence-electron chi connectivity index (χ4n) is 3.60. The monoisotopic (exact) mass is 357 g/mol. The summed E-state index contributed by atoms with van der Waals surface area (Å²) in [5.74, 6) is 1.76. The molecule has 0 aliphatic heterocycles. The third-order valence-electron chi connectivity index (χ3n) is 4.95. The van der Waals surface area contributed by atoms with Gasteiger partial charge in [0.25, 0.3) is 0 Å². The Morgan fingerprint density at radius 1 is 0.926 bits per heavy atom. The van der Waals surface area contributed by atoms with Gasteiger partial charge in [-0.3, -0.25) is 0 Å². The normalized spacial score (nSPS) is 11.0. The Bertz CT molecular complexity index is 1070. The van der Waals surface area contributed by atoms with E-state index in [2.05, 4.69) is 60.7 Å². The molecule has 27 heavy (non-hydrogen) atoms. The second-order valence-electron chi connectivity index (χ2n) is 6.74. The lowest BCUT2D eigenvalue weighted by Crippen LogP contribution is -1.99. The highest BCUT2D eigenvalue weighted by atomic mass is 16.5. The number of nitrogens with zero attached hydrogens (tertiary/aromatic N) is 2. The van der Waals surface area contributed by atoms with Crippen LogP contribution in [0.25, 0.3) is 28.3 Å². The van der Waals surface area contributed by atoms with E-state index in [1.165, 1.54) is 5.69 Å². The molecule has 0 bridgehead atoms. The third-order valence-corrected chi connectivity index (χ3v) is 4.95. The van der Waals surface area contributed by atoms with E-state index in [1.807, 2.05) is 30.3 Å².